The van der Waals surface area contributed by atoms with Crippen molar-refractivity contribution in [2.45, 2.75) is 18.7 Å². The first-order chi connectivity index (χ1) is 8.89. The summed E-state index contributed by atoms with van der Waals surface area (Å²) in [6, 6.07) is 6.36. The second kappa shape index (κ2) is 5.67. The van der Waals surface area contributed by atoms with Crippen LogP contribution in [0.25, 0.3) is 0 Å². The molecule has 0 fully saturated rings. The smallest absolute Gasteiger partial charge is 0.268 e. The number of aryl methyl sites for hydroxylation is 1. The van der Waals surface area contributed by atoms with E-state index in [9.17, 15) is 13.2 Å². The SMILES string of the molecule is C=CC(=O)N(CC)S(=O)(=O)c1cccc(C)c1C#N. The van der Waals surface area contributed by atoms with E-state index in [0.29, 0.717) is 9.87 Å². The summed E-state index contributed by atoms with van der Waals surface area (Å²) >= 11 is 0. The molecule has 19 heavy (non-hydrogen) atoms. The second-order valence-corrected chi connectivity index (χ2v) is 5.60. The highest BCUT2D eigenvalue weighted by Crippen LogP contribution is 2.22. The van der Waals surface area contributed by atoms with Crippen LogP contribution in [0.2, 0.25) is 0 Å². The molecular weight excluding hydrogens is 264 g/mol. The molecule has 100 valence electrons. The first kappa shape index (κ1) is 14.9. The van der Waals surface area contributed by atoms with Gasteiger partial charge in [0.25, 0.3) is 15.9 Å². The number of benzene rings is 1. The number of sulfonamides is 1. The van der Waals surface area contributed by atoms with Gasteiger partial charge in [0.1, 0.15) is 11.0 Å². The van der Waals surface area contributed by atoms with E-state index in [2.05, 4.69) is 6.58 Å². The van der Waals surface area contributed by atoms with Crippen LogP contribution in [0.5, 0.6) is 0 Å². The number of amides is 1. The van der Waals surface area contributed by atoms with Crippen molar-refractivity contribution in [2.24, 2.45) is 0 Å². The highest BCUT2D eigenvalue weighted by molar-refractivity contribution is 7.89. The lowest BCUT2D eigenvalue weighted by molar-refractivity contribution is -0.121. The summed E-state index contributed by atoms with van der Waals surface area (Å²) in [4.78, 5) is 11.4. The molecule has 1 aromatic carbocycles. The summed E-state index contributed by atoms with van der Waals surface area (Å²) in [6.07, 6.45) is 0.933. The molecule has 0 saturated heterocycles. The maximum absolute atomic E-state index is 12.4. The van der Waals surface area contributed by atoms with Crippen LogP contribution in [0, 0.1) is 18.3 Å². The Morgan fingerprint density at radius 3 is 2.63 bits per heavy atom. The van der Waals surface area contributed by atoms with Gasteiger partial charge in [0.15, 0.2) is 0 Å². The van der Waals surface area contributed by atoms with Gasteiger partial charge in [0.05, 0.1) is 5.56 Å². The van der Waals surface area contributed by atoms with Gasteiger partial charge in [-0.3, -0.25) is 4.79 Å². The number of carbonyl (C=O) groups excluding carboxylic acids is 1. The summed E-state index contributed by atoms with van der Waals surface area (Å²) in [5.41, 5.74) is 0.600. The van der Waals surface area contributed by atoms with Crippen LogP contribution in [0.15, 0.2) is 35.7 Å². The molecule has 6 heteroatoms. The van der Waals surface area contributed by atoms with Gasteiger partial charge in [0.2, 0.25) is 0 Å². The molecule has 0 heterocycles. The summed E-state index contributed by atoms with van der Waals surface area (Å²) in [5, 5.41) is 9.07. The Bertz CT molecular complexity index is 657. The van der Waals surface area contributed by atoms with Crippen molar-refractivity contribution in [3.8, 4) is 6.07 Å². The summed E-state index contributed by atoms with van der Waals surface area (Å²) in [5.74, 6) is -0.715. The molecule has 0 radical (unpaired) electrons. The lowest BCUT2D eigenvalue weighted by atomic mass is 10.1. The lowest BCUT2D eigenvalue weighted by Gasteiger charge is -2.20. The Balaban J connectivity index is 3.52. The fourth-order valence-electron chi connectivity index (χ4n) is 1.66. The molecule has 0 saturated carbocycles. The molecule has 1 amide bonds. The van der Waals surface area contributed by atoms with Gasteiger partial charge in [-0.2, -0.15) is 5.26 Å². The van der Waals surface area contributed by atoms with Crippen LogP contribution in [0.4, 0.5) is 0 Å². The third-order valence-corrected chi connectivity index (χ3v) is 4.54. The Morgan fingerprint density at radius 2 is 2.16 bits per heavy atom. The first-order valence-corrected chi connectivity index (χ1v) is 7.03. The Kier molecular flexibility index (Phi) is 4.46. The number of hydrogen-bond donors (Lipinski definition) is 0. The average molecular weight is 278 g/mol. The number of likely N-dealkylation sites (N-methyl/N-ethyl adjacent to an activating group) is 1. The third kappa shape index (κ3) is 2.66. The fourth-order valence-corrected chi connectivity index (χ4v) is 3.27. The molecule has 0 atom stereocenters. The molecular formula is C13H14N2O3S. The number of nitrogens with zero attached hydrogens (tertiary/aromatic N) is 2. The van der Waals surface area contributed by atoms with E-state index >= 15 is 0 Å². The first-order valence-electron chi connectivity index (χ1n) is 5.59. The van der Waals surface area contributed by atoms with Gasteiger partial charge in [-0.05, 0) is 31.6 Å². The minimum Gasteiger partial charge on any atom is -0.269 e. The molecule has 0 N–H and O–H groups in total. The predicted octanol–water partition coefficient (Wildman–Crippen LogP) is 1.59. The van der Waals surface area contributed by atoms with E-state index < -0.39 is 15.9 Å². The van der Waals surface area contributed by atoms with E-state index in [1.807, 2.05) is 6.07 Å². The van der Waals surface area contributed by atoms with E-state index in [0.717, 1.165) is 6.08 Å². The molecule has 0 aliphatic carbocycles. The minimum atomic E-state index is -4.04. The normalized spacial score (nSPS) is 10.6. The molecule has 0 aliphatic rings. The Morgan fingerprint density at radius 1 is 1.53 bits per heavy atom. The zero-order valence-corrected chi connectivity index (χ0v) is 11.6. The van der Waals surface area contributed by atoms with Gasteiger partial charge < -0.3 is 0 Å². The van der Waals surface area contributed by atoms with Gasteiger partial charge in [-0.1, -0.05) is 18.7 Å². The fraction of sp³-hybridized carbons (Fsp3) is 0.231. The molecule has 0 spiro atoms. The van der Waals surface area contributed by atoms with Crippen molar-refractivity contribution in [1.29, 1.82) is 5.26 Å². The van der Waals surface area contributed by atoms with Gasteiger partial charge in [-0.15, -0.1) is 0 Å². The van der Waals surface area contributed by atoms with Crippen LogP contribution in [-0.4, -0.2) is 25.2 Å². The van der Waals surface area contributed by atoms with Crippen LogP contribution in [-0.2, 0) is 14.8 Å². The maximum atomic E-state index is 12.4. The zero-order chi connectivity index (χ0) is 14.6. The van der Waals surface area contributed by atoms with Crippen LogP contribution >= 0.6 is 0 Å². The molecule has 0 unspecified atom stereocenters. The van der Waals surface area contributed by atoms with Gasteiger partial charge >= 0.3 is 0 Å². The zero-order valence-electron chi connectivity index (χ0n) is 10.8. The molecule has 0 bridgehead atoms. The van der Waals surface area contributed by atoms with Crippen LogP contribution in [0.1, 0.15) is 18.1 Å². The van der Waals surface area contributed by atoms with Crippen LogP contribution < -0.4 is 0 Å². The maximum Gasteiger partial charge on any atom is 0.268 e. The van der Waals surface area contributed by atoms with Gasteiger partial charge in [-0.25, -0.2) is 12.7 Å². The van der Waals surface area contributed by atoms with Crippen molar-refractivity contribution in [2.75, 3.05) is 6.54 Å². The summed E-state index contributed by atoms with van der Waals surface area (Å²) in [6.45, 7) is 6.44. The van der Waals surface area contributed by atoms with Gasteiger partial charge in [0, 0.05) is 6.54 Å². The summed E-state index contributed by atoms with van der Waals surface area (Å²) < 4.78 is 25.5. The van der Waals surface area contributed by atoms with Crippen molar-refractivity contribution in [3.05, 3.63) is 42.0 Å². The minimum absolute atomic E-state index is 0.0218. The van der Waals surface area contributed by atoms with E-state index in [4.69, 9.17) is 5.26 Å². The topological polar surface area (TPSA) is 78.2 Å². The largest absolute Gasteiger partial charge is 0.269 e. The van der Waals surface area contributed by atoms with E-state index in [1.165, 1.54) is 12.1 Å². The van der Waals surface area contributed by atoms with Crippen molar-refractivity contribution < 1.29 is 13.2 Å². The number of rotatable bonds is 4. The quantitative estimate of drug-likeness (QED) is 0.783. The highest BCUT2D eigenvalue weighted by Gasteiger charge is 2.29. The average Bonchev–Trinajstić information content (AvgIpc) is 2.38. The van der Waals surface area contributed by atoms with Crippen molar-refractivity contribution in [3.63, 3.8) is 0 Å². The summed E-state index contributed by atoms with van der Waals surface area (Å²) in [7, 11) is -4.04. The standard InChI is InChI=1S/C13H14N2O3S/c1-4-13(16)15(5-2)19(17,18)12-8-6-7-10(3)11(12)9-14/h4,6-8H,1,5H2,2-3H3. The molecule has 5 nitrogen and oxygen atoms in total. The van der Waals surface area contributed by atoms with E-state index in [-0.39, 0.29) is 17.0 Å². The predicted molar refractivity (Wildman–Crippen MR) is 70.7 cm³/mol. The second-order valence-electron chi connectivity index (χ2n) is 3.77. The van der Waals surface area contributed by atoms with Crippen molar-refractivity contribution in [1.82, 2.24) is 4.31 Å². The molecule has 1 rings (SSSR count). The number of nitriles is 1. The molecule has 0 aromatic heterocycles. The Hall–Kier alpha value is -2.13. The molecule has 1 aromatic rings. The number of carbonyl (C=O) groups is 1. The Labute approximate surface area is 112 Å². The van der Waals surface area contributed by atoms with Crippen LogP contribution in [0.3, 0.4) is 0 Å². The lowest BCUT2D eigenvalue weighted by Crippen LogP contribution is -2.35. The highest BCUT2D eigenvalue weighted by atomic mass is 32.2. The van der Waals surface area contributed by atoms with Crippen molar-refractivity contribution >= 4 is 15.9 Å². The number of hydrogen-bond acceptors (Lipinski definition) is 4. The molecule has 0 aliphatic heterocycles. The van der Waals surface area contributed by atoms with E-state index in [1.54, 1.807) is 19.9 Å². The monoisotopic (exact) mass is 278 g/mol. The third-order valence-electron chi connectivity index (χ3n) is 2.62.